The van der Waals surface area contributed by atoms with Crippen LogP contribution in [0.25, 0.3) is 17.2 Å². The van der Waals surface area contributed by atoms with Crippen LogP contribution in [0.15, 0.2) is 174 Å². The van der Waals surface area contributed by atoms with E-state index in [0.717, 1.165) is 21.6 Å². The number of ether oxygens (including phenoxy) is 1. The molecule has 50 heavy (non-hydrogen) atoms. The van der Waals surface area contributed by atoms with E-state index in [1.165, 1.54) is 11.8 Å². The number of amides is 2. The van der Waals surface area contributed by atoms with Gasteiger partial charge in [0, 0.05) is 21.7 Å². The second-order valence-corrected chi connectivity index (χ2v) is 12.4. The number of benzene rings is 6. The molecule has 7 heteroatoms. The predicted octanol–water partition coefficient (Wildman–Crippen LogP) is 9.32. The third-order valence-corrected chi connectivity index (χ3v) is 8.78. The molecule has 0 saturated carbocycles. The molecule has 0 bridgehead atoms. The van der Waals surface area contributed by atoms with Crippen molar-refractivity contribution in [3.8, 4) is 16.9 Å². The van der Waals surface area contributed by atoms with Crippen LogP contribution in [0.2, 0.25) is 0 Å². The highest BCUT2D eigenvalue weighted by Crippen LogP contribution is 2.24. The normalized spacial score (nSPS) is 11.0. The molecule has 0 aliphatic rings. The molecule has 6 rings (SSSR count). The first-order valence-corrected chi connectivity index (χ1v) is 17.1. The van der Waals surface area contributed by atoms with Gasteiger partial charge in [-0.2, -0.15) is 0 Å². The molecular weight excluding hydrogens is 641 g/mol. The highest BCUT2D eigenvalue weighted by Gasteiger charge is 2.16. The Balaban J connectivity index is 1.09. The Hall–Kier alpha value is -6.18. The largest absolute Gasteiger partial charge is 0.489 e. The van der Waals surface area contributed by atoms with E-state index >= 15 is 0 Å². The van der Waals surface area contributed by atoms with E-state index in [2.05, 4.69) is 10.6 Å². The molecule has 0 atom stereocenters. The Labute approximate surface area is 295 Å². The van der Waals surface area contributed by atoms with Crippen LogP contribution >= 0.6 is 11.8 Å². The minimum absolute atomic E-state index is 0.0340. The van der Waals surface area contributed by atoms with Gasteiger partial charge in [-0.1, -0.05) is 115 Å². The number of carbonyl (C=O) groups is 3. The standard InChI is InChI=1S/C43H34N2O4S/c46-41(35-20-18-34(19-21-35)33-12-6-2-7-13-33)30-50-39-26-22-37(23-27-39)44-43(48)40(45-42(47)36-14-8-3-9-15-36)28-31-16-24-38(25-17-31)49-29-32-10-4-1-5-11-32/h1-28H,29-30H2,(H,44,48)(H,45,47)/b40-28-. The third-order valence-electron chi connectivity index (χ3n) is 7.76. The van der Waals surface area contributed by atoms with Crippen LogP contribution in [-0.4, -0.2) is 23.4 Å². The van der Waals surface area contributed by atoms with E-state index in [4.69, 9.17) is 4.74 Å². The monoisotopic (exact) mass is 674 g/mol. The quantitative estimate of drug-likeness (QED) is 0.0725. The van der Waals surface area contributed by atoms with E-state index in [9.17, 15) is 14.4 Å². The van der Waals surface area contributed by atoms with E-state index in [-0.39, 0.29) is 17.2 Å². The molecular formula is C43H34N2O4S. The summed E-state index contributed by atoms with van der Waals surface area (Å²) >= 11 is 1.43. The molecule has 0 aromatic heterocycles. The summed E-state index contributed by atoms with van der Waals surface area (Å²) in [5, 5.41) is 5.66. The number of anilines is 1. The van der Waals surface area contributed by atoms with Crippen LogP contribution in [0, 0.1) is 0 Å². The molecule has 6 aromatic rings. The van der Waals surface area contributed by atoms with Crippen molar-refractivity contribution >= 4 is 41.1 Å². The lowest BCUT2D eigenvalue weighted by Crippen LogP contribution is -2.30. The number of rotatable bonds is 13. The number of hydrogen-bond acceptors (Lipinski definition) is 5. The van der Waals surface area contributed by atoms with E-state index in [0.29, 0.717) is 34.7 Å². The Morgan fingerprint density at radius 3 is 1.86 bits per heavy atom. The van der Waals surface area contributed by atoms with Crippen LogP contribution in [-0.2, 0) is 11.4 Å². The Kier molecular flexibility index (Phi) is 11.3. The summed E-state index contributed by atoms with van der Waals surface area (Å²) in [6.45, 7) is 0.438. The van der Waals surface area contributed by atoms with Gasteiger partial charge >= 0.3 is 0 Å². The lowest BCUT2D eigenvalue weighted by Gasteiger charge is -2.12. The van der Waals surface area contributed by atoms with Crippen molar-refractivity contribution in [1.82, 2.24) is 5.32 Å². The van der Waals surface area contributed by atoms with Gasteiger partial charge in [0.1, 0.15) is 18.1 Å². The number of nitrogens with one attached hydrogen (secondary N) is 2. The fourth-order valence-corrected chi connectivity index (χ4v) is 5.85. The lowest BCUT2D eigenvalue weighted by molar-refractivity contribution is -0.113. The lowest BCUT2D eigenvalue weighted by atomic mass is 10.0. The van der Waals surface area contributed by atoms with Crippen LogP contribution < -0.4 is 15.4 Å². The number of hydrogen-bond donors (Lipinski definition) is 2. The average molecular weight is 675 g/mol. The first kappa shape index (κ1) is 33.7. The zero-order valence-electron chi connectivity index (χ0n) is 27.1. The minimum Gasteiger partial charge on any atom is -0.489 e. The summed E-state index contributed by atoms with van der Waals surface area (Å²) in [5.41, 5.74) is 5.66. The Morgan fingerprint density at radius 1 is 0.600 bits per heavy atom. The number of carbonyl (C=O) groups excluding carboxylic acids is 3. The first-order valence-electron chi connectivity index (χ1n) is 16.1. The van der Waals surface area contributed by atoms with Crippen molar-refractivity contribution in [2.75, 3.05) is 11.1 Å². The second-order valence-electron chi connectivity index (χ2n) is 11.4. The fraction of sp³-hybridized carbons (Fsp3) is 0.0465. The summed E-state index contributed by atoms with van der Waals surface area (Å²) in [6, 6.07) is 50.9. The molecule has 0 aliphatic heterocycles. The highest BCUT2D eigenvalue weighted by molar-refractivity contribution is 8.00. The van der Waals surface area contributed by atoms with Crippen molar-refractivity contribution in [1.29, 1.82) is 0 Å². The van der Waals surface area contributed by atoms with Gasteiger partial charge < -0.3 is 15.4 Å². The summed E-state index contributed by atoms with van der Waals surface area (Å²) < 4.78 is 5.89. The number of Topliss-reactive ketones (excluding diaryl/α,β-unsaturated/α-hetero) is 1. The first-order chi connectivity index (χ1) is 24.5. The molecule has 0 fully saturated rings. The van der Waals surface area contributed by atoms with Gasteiger partial charge in [-0.25, -0.2) is 0 Å². The van der Waals surface area contributed by atoms with Crippen molar-refractivity contribution in [2.45, 2.75) is 11.5 Å². The summed E-state index contributed by atoms with van der Waals surface area (Å²) in [5.74, 6) is 0.122. The molecule has 0 unspecified atom stereocenters. The fourth-order valence-electron chi connectivity index (χ4n) is 5.05. The zero-order valence-corrected chi connectivity index (χ0v) is 27.9. The van der Waals surface area contributed by atoms with Gasteiger partial charge in [0.05, 0.1) is 5.75 Å². The van der Waals surface area contributed by atoms with Crippen molar-refractivity contribution in [3.63, 3.8) is 0 Å². The Morgan fingerprint density at radius 2 is 1.20 bits per heavy atom. The number of thioether (sulfide) groups is 1. The molecule has 6 aromatic carbocycles. The second kappa shape index (κ2) is 16.8. The maximum Gasteiger partial charge on any atom is 0.272 e. The zero-order chi connectivity index (χ0) is 34.5. The van der Waals surface area contributed by atoms with Crippen LogP contribution in [0.3, 0.4) is 0 Å². The summed E-state index contributed by atoms with van der Waals surface area (Å²) in [4.78, 5) is 40.3. The van der Waals surface area contributed by atoms with Gasteiger partial charge in [-0.15, -0.1) is 11.8 Å². The van der Waals surface area contributed by atoms with Crippen molar-refractivity contribution in [2.24, 2.45) is 0 Å². The van der Waals surface area contributed by atoms with Crippen LogP contribution in [0.1, 0.15) is 31.8 Å². The SMILES string of the molecule is O=C(Nc1ccc(SCC(=O)c2ccc(-c3ccccc3)cc2)cc1)/C(=C/c1ccc(OCc2ccccc2)cc1)NC(=O)c1ccccc1. The van der Waals surface area contributed by atoms with Crippen molar-refractivity contribution in [3.05, 3.63) is 192 Å². The molecule has 6 nitrogen and oxygen atoms in total. The van der Waals surface area contributed by atoms with E-state index in [1.54, 1.807) is 42.5 Å². The third kappa shape index (κ3) is 9.46. The molecule has 0 radical (unpaired) electrons. The molecule has 246 valence electrons. The molecule has 0 aliphatic carbocycles. The van der Waals surface area contributed by atoms with Gasteiger partial charge in [0.25, 0.3) is 11.8 Å². The molecule has 0 heterocycles. The van der Waals surface area contributed by atoms with Gasteiger partial charge in [0.15, 0.2) is 5.78 Å². The van der Waals surface area contributed by atoms with E-state index in [1.807, 2.05) is 127 Å². The maximum atomic E-state index is 13.5. The van der Waals surface area contributed by atoms with E-state index < -0.39 is 11.8 Å². The molecule has 2 amide bonds. The van der Waals surface area contributed by atoms with Crippen LogP contribution in [0.4, 0.5) is 5.69 Å². The maximum absolute atomic E-state index is 13.5. The van der Waals surface area contributed by atoms with Gasteiger partial charge in [-0.05, 0) is 76.9 Å². The molecule has 0 spiro atoms. The van der Waals surface area contributed by atoms with Gasteiger partial charge in [-0.3, -0.25) is 14.4 Å². The smallest absolute Gasteiger partial charge is 0.272 e. The molecule has 0 saturated heterocycles. The topological polar surface area (TPSA) is 84.5 Å². The minimum atomic E-state index is -0.479. The average Bonchev–Trinajstić information content (AvgIpc) is 3.18. The van der Waals surface area contributed by atoms with Gasteiger partial charge in [0.2, 0.25) is 0 Å². The number of ketones is 1. The predicted molar refractivity (Wildman–Crippen MR) is 201 cm³/mol. The highest BCUT2D eigenvalue weighted by atomic mass is 32.2. The van der Waals surface area contributed by atoms with Crippen molar-refractivity contribution < 1.29 is 19.1 Å². The van der Waals surface area contributed by atoms with Crippen LogP contribution in [0.5, 0.6) is 5.75 Å². The summed E-state index contributed by atoms with van der Waals surface area (Å²) in [7, 11) is 0. The molecule has 2 N–H and O–H groups in total. The Bertz CT molecular complexity index is 2060. The summed E-state index contributed by atoms with van der Waals surface area (Å²) in [6.07, 6.45) is 1.62.